The highest BCUT2D eigenvalue weighted by Gasteiger charge is 2.33. The summed E-state index contributed by atoms with van der Waals surface area (Å²) >= 11 is 1.94. The molecule has 0 aliphatic carbocycles. The lowest BCUT2D eigenvalue weighted by atomic mass is 9.87. The van der Waals surface area contributed by atoms with Crippen LogP contribution in [0.15, 0.2) is 12.1 Å². The van der Waals surface area contributed by atoms with E-state index < -0.39 is 0 Å². The van der Waals surface area contributed by atoms with Crippen LogP contribution in [-0.4, -0.2) is 24.0 Å². The lowest BCUT2D eigenvalue weighted by molar-refractivity contribution is 0.0688. The number of nitrogens with zero attached hydrogens (tertiary/aromatic N) is 1. The Bertz CT molecular complexity index is 359. The Labute approximate surface area is 109 Å². The average molecular weight is 252 g/mol. The molecule has 3 heteroatoms. The first-order chi connectivity index (χ1) is 8.13. The van der Waals surface area contributed by atoms with Crippen LogP contribution >= 0.6 is 11.3 Å². The molecule has 0 amide bonds. The molecule has 0 radical (unpaired) electrons. The quantitative estimate of drug-likeness (QED) is 0.895. The number of piperidine rings is 1. The van der Waals surface area contributed by atoms with E-state index in [-0.39, 0.29) is 0 Å². The predicted octanol–water partition coefficient (Wildman–Crippen LogP) is 3.18. The van der Waals surface area contributed by atoms with E-state index in [1.807, 2.05) is 11.3 Å². The van der Waals surface area contributed by atoms with Crippen LogP contribution in [0.3, 0.4) is 0 Å². The summed E-state index contributed by atoms with van der Waals surface area (Å²) in [7, 11) is 0. The zero-order valence-corrected chi connectivity index (χ0v) is 12.0. The molecule has 1 saturated heterocycles. The fourth-order valence-corrected chi connectivity index (χ4v) is 4.03. The summed E-state index contributed by atoms with van der Waals surface area (Å²) in [6, 6.07) is 5.69. The van der Waals surface area contributed by atoms with Gasteiger partial charge in [-0.15, -0.1) is 11.3 Å². The molecule has 0 bridgehead atoms. The molecular formula is C14H24N2S. The van der Waals surface area contributed by atoms with Crippen molar-refractivity contribution < 1.29 is 0 Å². The van der Waals surface area contributed by atoms with Gasteiger partial charge in [0, 0.05) is 21.8 Å². The molecule has 2 unspecified atom stereocenters. The minimum absolute atomic E-state index is 0.549. The van der Waals surface area contributed by atoms with E-state index in [2.05, 4.69) is 37.8 Å². The number of rotatable bonds is 3. The van der Waals surface area contributed by atoms with E-state index in [0.29, 0.717) is 18.0 Å². The Kier molecular flexibility index (Phi) is 4.23. The molecule has 2 nitrogen and oxygen atoms in total. The molecule has 2 atom stereocenters. The van der Waals surface area contributed by atoms with Crippen LogP contribution in [0.5, 0.6) is 0 Å². The second-order valence-corrected chi connectivity index (χ2v) is 6.68. The van der Waals surface area contributed by atoms with Crippen molar-refractivity contribution in [3.05, 3.63) is 21.9 Å². The molecule has 1 aliphatic heterocycles. The molecule has 1 aliphatic rings. The Morgan fingerprint density at radius 3 is 2.76 bits per heavy atom. The van der Waals surface area contributed by atoms with Gasteiger partial charge in [-0.25, -0.2) is 0 Å². The highest BCUT2D eigenvalue weighted by Crippen LogP contribution is 2.39. The lowest BCUT2D eigenvalue weighted by Crippen LogP contribution is -2.44. The third-order valence-electron chi connectivity index (χ3n) is 3.81. The Morgan fingerprint density at radius 1 is 1.47 bits per heavy atom. The third-order valence-corrected chi connectivity index (χ3v) is 4.89. The van der Waals surface area contributed by atoms with Gasteiger partial charge in [0.15, 0.2) is 0 Å². The second-order valence-electron chi connectivity index (χ2n) is 5.36. The first-order valence-corrected chi connectivity index (χ1v) is 7.47. The standard InChI is InChI=1S/C14H24N2S/c1-10(2)16-8-4-5-12(9-15)14(16)13-7-6-11(3)17-13/h6-7,10,12,14H,4-5,8-9,15H2,1-3H3. The van der Waals surface area contributed by atoms with Crippen LogP contribution in [-0.2, 0) is 0 Å². The van der Waals surface area contributed by atoms with Crippen molar-refractivity contribution >= 4 is 11.3 Å². The summed E-state index contributed by atoms with van der Waals surface area (Å²) < 4.78 is 0. The van der Waals surface area contributed by atoms with Crippen molar-refractivity contribution in [3.8, 4) is 0 Å². The maximum absolute atomic E-state index is 5.98. The van der Waals surface area contributed by atoms with E-state index in [4.69, 9.17) is 5.73 Å². The minimum atomic E-state index is 0.549. The Hall–Kier alpha value is -0.380. The number of hydrogen-bond donors (Lipinski definition) is 1. The van der Waals surface area contributed by atoms with Gasteiger partial charge in [-0.3, -0.25) is 4.90 Å². The van der Waals surface area contributed by atoms with Gasteiger partial charge >= 0.3 is 0 Å². The first kappa shape index (κ1) is 13.1. The highest BCUT2D eigenvalue weighted by molar-refractivity contribution is 7.12. The molecule has 17 heavy (non-hydrogen) atoms. The molecule has 0 spiro atoms. The van der Waals surface area contributed by atoms with Gasteiger partial charge in [-0.05, 0) is 64.8 Å². The number of likely N-dealkylation sites (tertiary alicyclic amines) is 1. The molecule has 2 heterocycles. The fraction of sp³-hybridized carbons (Fsp3) is 0.714. The zero-order chi connectivity index (χ0) is 12.4. The Morgan fingerprint density at radius 2 is 2.24 bits per heavy atom. The summed E-state index contributed by atoms with van der Waals surface area (Å²) in [5, 5.41) is 0. The molecule has 1 aromatic rings. The van der Waals surface area contributed by atoms with Crippen LogP contribution in [0, 0.1) is 12.8 Å². The normalized spacial score (nSPS) is 26.6. The van der Waals surface area contributed by atoms with Crippen LogP contribution in [0.4, 0.5) is 0 Å². The summed E-state index contributed by atoms with van der Waals surface area (Å²) in [5.41, 5.74) is 5.98. The maximum atomic E-state index is 5.98. The molecule has 0 aromatic carbocycles. The SMILES string of the molecule is Cc1ccc(C2C(CN)CCCN2C(C)C)s1. The highest BCUT2D eigenvalue weighted by atomic mass is 32.1. The molecule has 2 rings (SSSR count). The molecule has 2 N–H and O–H groups in total. The van der Waals surface area contributed by atoms with Gasteiger partial charge in [0.05, 0.1) is 0 Å². The van der Waals surface area contributed by atoms with Gasteiger partial charge in [-0.2, -0.15) is 0 Å². The van der Waals surface area contributed by atoms with E-state index in [0.717, 1.165) is 6.54 Å². The summed E-state index contributed by atoms with van der Waals surface area (Å²) in [6.07, 6.45) is 2.57. The predicted molar refractivity (Wildman–Crippen MR) is 75.4 cm³/mol. The lowest BCUT2D eigenvalue weighted by Gasteiger charge is -2.43. The number of nitrogens with two attached hydrogens (primary N) is 1. The van der Waals surface area contributed by atoms with Crippen molar-refractivity contribution in [2.45, 2.75) is 45.7 Å². The Balaban J connectivity index is 2.28. The number of aryl methyl sites for hydroxylation is 1. The topological polar surface area (TPSA) is 29.3 Å². The largest absolute Gasteiger partial charge is 0.330 e. The molecule has 1 aromatic heterocycles. The molecular weight excluding hydrogens is 228 g/mol. The van der Waals surface area contributed by atoms with Gasteiger partial charge in [0.25, 0.3) is 0 Å². The second kappa shape index (κ2) is 5.51. The average Bonchev–Trinajstić information content (AvgIpc) is 2.74. The smallest absolute Gasteiger partial charge is 0.0484 e. The number of hydrogen-bond acceptors (Lipinski definition) is 3. The fourth-order valence-electron chi connectivity index (χ4n) is 2.94. The third kappa shape index (κ3) is 2.72. The van der Waals surface area contributed by atoms with Crippen molar-refractivity contribution in [2.75, 3.05) is 13.1 Å². The molecule has 0 saturated carbocycles. The summed E-state index contributed by atoms with van der Waals surface area (Å²) in [5.74, 6) is 0.629. The van der Waals surface area contributed by atoms with Gasteiger partial charge in [0.1, 0.15) is 0 Å². The zero-order valence-electron chi connectivity index (χ0n) is 11.1. The van der Waals surface area contributed by atoms with Crippen LogP contribution in [0.1, 0.15) is 42.5 Å². The van der Waals surface area contributed by atoms with Crippen molar-refractivity contribution in [1.29, 1.82) is 0 Å². The van der Waals surface area contributed by atoms with Crippen molar-refractivity contribution in [2.24, 2.45) is 11.7 Å². The summed E-state index contributed by atoms with van der Waals surface area (Å²) in [6.45, 7) is 8.81. The van der Waals surface area contributed by atoms with E-state index in [1.54, 1.807) is 0 Å². The molecule has 96 valence electrons. The maximum Gasteiger partial charge on any atom is 0.0484 e. The van der Waals surface area contributed by atoms with Crippen LogP contribution in [0.25, 0.3) is 0 Å². The monoisotopic (exact) mass is 252 g/mol. The van der Waals surface area contributed by atoms with Gasteiger partial charge < -0.3 is 5.73 Å². The van der Waals surface area contributed by atoms with Crippen LogP contribution < -0.4 is 5.73 Å². The van der Waals surface area contributed by atoms with E-state index in [1.165, 1.54) is 29.1 Å². The van der Waals surface area contributed by atoms with Crippen molar-refractivity contribution in [3.63, 3.8) is 0 Å². The van der Waals surface area contributed by atoms with Gasteiger partial charge in [0.2, 0.25) is 0 Å². The first-order valence-electron chi connectivity index (χ1n) is 6.65. The van der Waals surface area contributed by atoms with Gasteiger partial charge in [-0.1, -0.05) is 0 Å². The van der Waals surface area contributed by atoms with Crippen LogP contribution in [0.2, 0.25) is 0 Å². The van der Waals surface area contributed by atoms with Crippen molar-refractivity contribution in [1.82, 2.24) is 4.90 Å². The number of thiophene rings is 1. The molecule has 1 fully saturated rings. The van der Waals surface area contributed by atoms with E-state index in [9.17, 15) is 0 Å². The summed E-state index contributed by atoms with van der Waals surface area (Å²) in [4.78, 5) is 5.54. The minimum Gasteiger partial charge on any atom is -0.330 e. The van der Waals surface area contributed by atoms with E-state index >= 15 is 0 Å².